The lowest BCUT2D eigenvalue weighted by Gasteiger charge is -2.39. The standard InChI is InChI=1S/C22H24N2O3/c1-21(2)11-12-22(3,4)19-18(21)23-13-16(24-19)17(25)10-9-14-7-5-6-8-15(14)20(26)27/h5-10,13H,11-12H2,1-4H3,(H,26,27). The fourth-order valence-electron chi connectivity index (χ4n) is 3.42. The van der Waals surface area contributed by atoms with E-state index in [1.165, 1.54) is 24.4 Å². The van der Waals surface area contributed by atoms with Crippen LogP contribution < -0.4 is 0 Å². The summed E-state index contributed by atoms with van der Waals surface area (Å²) < 4.78 is 0. The number of allylic oxidation sites excluding steroid dienone is 1. The zero-order valence-electron chi connectivity index (χ0n) is 16.1. The summed E-state index contributed by atoms with van der Waals surface area (Å²) in [5.41, 5.74) is 2.55. The molecule has 0 amide bonds. The molecule has 0 atom stereocenters. The highest BCUT2D eigenvalue weighted by Crippen LogP contribution is 2.43. The molecule has 3 rings (SSSR count). The van der Waals surface area contributed by atoms with Crippen molar-refractivity contribution in [3.05, 3.63) is 64.7 Å². The minimum absolute atomic E-state index is 0.0598. The van der Waals surface area contributed by atoms with Gasteiger partial charge in [0.05, 0.1) is 23.1 Å². The summed E-state index contributed by atoms with van der Waals surface area (Å²) in [5, 5.41) is 9.25. The zero-order chi connectivity index (χ0) is 19.8. The normalized spacial score (nSPS) is 17.5. The average molecular weight is 364 g/mol. The summed E-state index contributed by atoms with van der Waals surface area (Å²) >= 11 is 0. The third kappa shape index (κ3) is 3.68. The molecule has 1 heterocycles. The second-order valence-electron chi connectivity index (χ2n) is 8.31. The Kier molecular flexibility index (Phi) is 4.72. The van der Waals surface area contributed by atoms with Crippen molar-refractivity contribution in [3.8, 4) is 0 Å². The molecule has 0 saturated heterocycles. The van der Waals surface area contributed by atoms with Gasteiger partial charge in [0, 0.05) is 10.8 Å². The summed E-state index contributed by atoms with van der Waals surface area (Å²) in [5.74, 6) is -1.31. The van der Waals surface area contributed by atoms with Crippen molar-refractivity contribution in [2.24, 2.45) is 0 Å². The molecule has 1 N–H and O–H groups in total. The summed E-state index contributed by atoms with van der Waals surface area (Å²) in [6.07, 6.45) is 6.42. The van der Waals surface area contributed by atoms with Crippen molar-refractivity contribution in [2.75, 3.05) is 0 Å². The van der Waals surface area contributed by atoms with E-state index in [1.807, 2.05) is 0 Å². The van der Waals surface area contributed by atoms with Crippen LogP contribution in [-0.2, 0) is 10.8 Å². The van der Waals surface area contributed by atoms with Crippen LogP contribution in [0, 0.1) is 0 Å². The number of aromatic nitrogens is 2. The highest BCUT2D eigenvalue weighted by molar-refractivity contribution is 6.06. The summed E-state index contributed by atoms with van der Waals surface area (Å²) in [6, 6.07) is 6.56. The van der Waals surface area contributed by atoms with E-state index in [0.29, 0.717) is 5.56 Å². The molecule has 0 unspecified atom stereocenters. The molecule has 5 nitrogen and oxygen atoms in total. The number of rotatable bonds is 4. The predicted octanol–water partition coefficient (Wildman–Crippen LogP) is 4.42. The molecule has 1 aromatic heterocycles. The van der Waals surface area contributed by atoms with E-state index in [4.69, 9.17) is 0 Å². The second kappa shape index (κ2) is 6.72. The molecule has 5 heteroatoms. The van der Waals surface area contributed by atoms with Gasteiger partial charge >= 0.3 is 5.97 Å². The van der Waals surface area contributed by atoms with Gasteiger partial charge in [0.15, 0.2) is 0 Å². The quantitative estimate of drug-likeness (QED) is 0.642. The third-order valence-corrected chi connectivity index (χ3v) is 5.29. The largest absolute Gasteiger partial charge is 0.478 e. The number of carbonyl (C=O) groups is 2. The molecule has 0 fully saturated rings. The number of benzene rings is 1. The first-order valence-corrected chi connectivity index (χ1v) is 9.04. The number of nitrogens with zero attached hydrogens (tertiary/aromatic N) is 2. The molecule has 1 aliphatic carbocycles. The molecular formula is C22H24N2O3. The van der Waals surface area contributed by atoms with Gasteiger partial charge in [-0.2, -0.15) is 0 Å². The number of aromatic carboxylic acids is 1. The minimum Gasteiger partial charge on any atom is -0.478 e. The van der Waals surface area contributed by atoms with Crippen LogP contribution >= 0.6 is 0 Å². The van der Waals surface area contributed by atoms with Crippen LogP contribution in [0.5, 0.6) is 0 Å². The number of hydrogen-bond acceptors (Lipinski definition) is 4. The van der Waals surface area contributed by atoms with Crippen molar-refractivity contribution in [3.63, 3.8) is 0 Å². The first-order valence-electron chi connectivity index (χ1n) is 9.04. The molecule has 140 valence electrons. The number of ketones is 1. The predicted molar refractivity (Wildman–Crippen MR) is 104 cm³/mol. The van der Waals surface area contributed by atoms with E-state index in [1.54, 1.807) is 18.2 Å². The van der Waals surface area contributed by atoms with Crippen molar-refractivity contribution in [2.45, 2.75) is 51.4 Å². The molecule has 0 bridgehead atoms. The molecule has 0 radical (unpaired) electrons. The summed E-state index contributed by atoms with van der Waals surface area (Å²) in [7, 11) is 0. The van der Waals surface area contributed by atoms with Crippen LogP contribution in [0.1, 0.15) is 78.3 Å². The number of carboxylic acids is 1. The Morgan fingerprint density at radius 3 is 2.33 bits per heavy atom. The van der Waals surface area contributed by atoms with Crippen molar-refractivity contribution < 1.29 is 14.7 Å². The second-order valence-corrected chi connectivity index (χ2v) is 8.31. The van der Waals surface area contributed by atoms with Crippen molar-refractivity contribution in [1.82, 2.24) is 9.97 Å². The van der Waals surface area contributed by atoms with E-state index in [-0.39, 0.29) is 27.9 Å². The molecule has 27 heavy (non-hydrogen) atoms. The molecule has 0 spiro atoms. The van der Waals surface area contributed by atoms with Crippen LogP contribution in [0.15, 0.2) is 36.5 Å². The fraction of sp³-hybridized carbons (Fsp3) is 0.364. The monoisotopic (exact) mass is 364 g/mol. The van der Waals surface area contributed by atoms with E-state index >= 15 is 0 Å². The van der Waals surface area contributed by atoms with Crippen LogP contribution in [0.2, 0.25) is 0 Å². The minimum atomic E-state index is -1.03. The van der Waals surface area contributed by atoms with Crippen LogP contribution in [0.3, 0.4) is 0 Å². The van der Waals surface area contributed by atoms with Gasteiger partial charge in [-0.1, -0.05) is 52.0 Å². The zero-order valence-corrected chi connectivity index (χ0v) is 16.1. The van der Waals surface area contributed by atoms with Crippen LogP contribution in [0.4, 0.5) is 0 Å². The van der Waals surface area contributed by atoms with Crippen LogP contribution in [-0.4, -0.2) is 26.8 Å². The molecular weight excluding hydrogens is 340 g/mol. The fourth-order valence-corrected chi connectivity index (χ4v) is 3.42. The Morgan fingerprint density at radius 2 is 1.67 bits per heavy atom. The van der Waals surface area contributed by atoms with Gasteiger partial charge in [0.1, 0.15) is 5.69 Å². The van der Waals surface area contributed by atoms with Crippen molar-refractivity contribution >= 4 is 17.8 Å². The number of hydrogen-bond donors (Lipinski definition) is 1. The van der Waals surface area contributed by atoms with Gasteiger partial charge in [-0.05, 0) is 30.5 Å². The molecule has 0 saturated carbocycles. The SMILES string of the molecule is CC1(C)CCC(C)(C)c2nc(C(=O)C=Cc3ccccc3C(=O)O)cnc21. The first-order chi connectivity index (χ1) is 12.6. The van der Waals surface area contributed by atoms with Crippen LogP contribution in [0.25, 0.3) is 6.08 Å². The van der Waals surface area contributed by atoms with E-state index in [0.717, 1.165) is 24.2 Å². The van der Waals surface area contributed by atoms with Gasteiger partial charge in [0.25, 0.3) is 0 Å². The van der Waals surface area contributed by atoms with E-state index < -0.39 is 5.97 Å². The molecule has 1 aliphatic rings. The number of carbonyl (C=O) groups excluding carboxylic acids is 1. The van der Waals surface area contributed by atoms with E-state index in [9.17, 15) is 14.7 Å². The summed E-state index contributed by atoms with van der Waals surface area (Å²) in [6.45, 7) is 8.56. The average Bonchev–Trinajstić information content (AvgIpc) is 2.63. The Labute approximate surface area is 159 Å². The summed E-state index contributed by atoms with van der Waals surface area (Å²) in [4.78, 5) is 33.1. The number of carboxylic acid groups (broad SMARTS) is 1. The Morgan fingerprint density at radius 1 is 1.04 bits per heavy atom. The lowest BCUT2D eigenvalue weighted by Crippen LogP contribution is -2.36. The lowest BCUT2D eigenvalue weighted by molar-refractivity contribution is 0.0696. The van der Waals surface area contributed by atoms with E-state index in [2.05, 4.69) is 37.7 Å². The first kappa shape index (κ1) is 19.0. The Hall–Kier alpha value is -2.82. The third-order valence-electron chi connectivity index (χ3n) is 5.29. The van der Waals surface area contributed by atoms with Gasteiger partial charge in [-0.25, -0.2) is 9.78 Å². The van der Waals surface area contributed by atoms with Gasteiger partial charge < -0.3 is 5.11 Å². The Balaban J connectivity index is 1.94. The number of fused-ring (bicyclic) bond motifs is 1. The van der Waals surface area contributed by atoms with Gasteiger partial charge in [-0.3, -0.25) is 9.78 Å². The van der Waals surface area contributed by atoms with Gasteiger partial charge in [0.2, 0.25) is 5.78 Å². The maximum atomic E-state index is 12.6. The smallest absolute Gasteiger partial charge is 0.336 e. The molecule has 2 aromatic rings. The lowest BCUT2D eigenvalue weighted by atomic mass is 9.67. The molecule has 0 aliphatic heterocycles. The highest BCUT2D eigenvalue weighted by Gasteiger charge is 2.39. The maximum Gasteiger partial charge on any atom is 0.336 e. The molecule has 1 aromatic carbocycles. The maximum absolute atomic E-state index is 12.6. The Bertz CT molecular complexity index is 942. The van der Waals surface area contributed by atoms with Gasteiger partial charge in [-0.15, -0.1) is 0 Å². The van der Waals surface area contributed by atoms with Crippen molar-refractivity contribution in [1.29, 1.82) is 0 Å². The topological polar surface area (TPSA) is 80.2 Å². The highest BCUT2D eigenvalue weighted by atomic mass is 16.4.